The third-order valence-electron chi connectivity index (χ3n) is 6.19. The minimum atomic E-state index is -0.973. The Hall–Kier alpha value is -2.42. The molecule has 1 heterocycles. The van der Waals surface area contributed by atoms with Gasteiger partial charge in [0, 0.05) is 5.92 Å². The lowest BCUT2D eigenvalue weighted by Crippen LogP contribution is -2.38. The van der Waals surface area contributed by atoms with Crippen molar-refractivity contribution in [1.29, 1.82) is 0 Å². The number of hydrogen-bond donors (Lipinski definition) is 0. The van der Waals surface area contributed by atoms with Crippen molar-refractivity contribution in [3.8, 4) is 0 Å². The molecular formula is C24H26O3. The lowest BCUT2D eigenvalue weighted by molar-refractivity contribution is -0.153. The van der Waals surface area contributed by atoms with Gasteiger partial charge in [0.05, 0.1) is 0 Å². The maximum absolute atomic E-state index is 13.5. The van der Waals surface area contributed by atoms with Crippen LogP contribution in [0.5, 0.6) is 0 Å². The van der Waals surface area contributed by atoms with Gasteiger partial charge in [-0.15, -0.1) is 0 Å². The van der Waals surface area contributed by atoms with Crippen molar-refractivity contribution in [2.24, 2.45) is 11.8 Å². The first-order valence-electron chi connectivity index (χ1n) is 10.0. The van der Waals surface area contributed by atoms with Crippen LogP contribution in [0.3, 0.4) is 0 Å². The average Bonchev–Trinajstić information content (AvgIpc) is 3.51. The second kappa shape index (κ2) is 7.30. The van der Waals surface area contributed by atoms with Gasteiger partial charge in [0.1, 0.15) is 5.92 Å². The van der Waals surface area contributed by atoms with Crippen molar-refractivity contribution >= 4 is 11.8 Å². The summed E-state index contributed by atoms with van der Waals surface area (Å²) in [5, 5.41) is 0. The van der Waals surface area contributed by atoms with E-state index in [2.05, 4.69) is 12.1 Å². The van der Waals surface area contributed by atoms with E-state index in [0.29, 0.717) is 18.8 Å². The first-order valence-corrected chi connectivity index (χ1v) is 10.0. The van der Waals surface area contributed by atoms with Gasteiger partial charge >= 0.3 is 5.97 Å². The molecule has 2 aromatic carbocycles. The zero-order valence-electron chi connectivity index (χ0n) is 15.8. The molecule has 3 unspecified atom stereocenters. The molecule has 3 atom stereocenters. The zero-order chi connectivity index (χ0) is 18.9. The normalized spacial score (nSPS) is 26.0. The number of hydrogen-bond acceptors (Lipinski definition) is 3. The van der Waals surface area contributed by atoms with E-state index in [1.165, 1.54) is 5.56 Å². The summed E-state index contributed by atoms with van der Waals surface area (Å²) in [6.07, 6.45) is 3.99. The minimum absolute atomic E-state index is 0.00770. The summed E-state index contributed by atoms with van der Waals surface area (Å²) in [5.74, 6) is -0.620. The van der Waals surface area contributed by atoms with Gasteiger partial charge in [-0.3, -0.25) is 9.59 Å². The van der Waals surface area contributed by atoms with Crippen LogP contribution in [0.2, 0.25) is 0 Å². The number of carbonyl (C=O) groups excluding carboxylic acids is 2. The van der Waals surface area contributed by atoms with E-state index in [4.69, 9.17) is 4.74 Å². The fourth-order valence-corrected chi connectivity index (χ4v) is 4.46. The van der Waals surface area contributed by atoms with Gasteiger partial charge in [0.2, 0.25) is 0 Å². The largest absolute Gasteiger partial charge is 0.450 e. The maximum atomic E-state index is 13.5. The van der Waals surface area contributed by atoms with E-state index in [-0.39, 0.29) is 17.7 Å². The molecule has 0 bridgehead atoms. The van der Waals surface area contributed by atoms with Crippen molar-refractivity contribution in [2.75, 3.05) is 0 Å². The van der Waals surface area contributed by atoms with E-state index in [1.54, 1.807) is 0 Å². The van der Waals surface area contributed by atoms with Gasteiger partial charge < -0.3 is 4.74 Å². The van der Waals surface area contributed by atoms with Crippen LogP contribution in [0.4, 0.5) is 0 Å². The molecule has 4 rings (SSSR count). The highest BCUT2D eigenvalue weighted by molar-refractivity contribution is 6.10. The molecule has 0 radical (unpaired) electrons. The summed E-state index contributed by atoms with van der Waals surface area (Å²) in [5.41, 5.74) is 1.28. The summed E-state index contributed by atoms with van der Waals surface area (Å²) in [6, 6.07) is 20.1. The van der Waals surface area contributed by atoms with Crippen molar-refractivity contribution in [3.05, 3.63) is 71.8 Å². The van der Waals surface area contributed by atoms with Crippen LogP contribution in [0.15, 0.2) is 60.7 Å². The first-order chi connectivity index (χ1) is 13.1. The van der Waals surface area contributed by atoms with E-state index >= 15 is 0 Å². The van der Waals surface area contributed by atoms with Gasteiger partial charge in [0.25, 0.3) is 0 Å². The molecule has 0 spiro atoms. The Labute approximate surface area is 160 Å². The molecule has 27 heavy (non-hydrogen) atoms. The van der Waals surface area contributed by atoms with E-state index in [0.717, 1.165) is 24.8 Å². The van der Waals surface area contributed by atoms with Crippen LogP contribution >= 0.6 is 0 Å². The van der Waals surface area contributed by atoms with Crippen LogP contribution in [0, 0.1) is 11.8 Å². The lowest BCUT2D eigenvalue weighted by Gasteiger charge is -2.26. The van der Waals surface area contributed by atoms with Crippen LogP contribution in [-0.2, 0) is 20.7 Å². The van der Waals surface area contributed by atoms with E-state index in [9.17, 15) is 9.59 Å². The Bertz CT molecular complexity index is 810. The second-order valence-corrected chi connectivity index (χ2v) is 7.87. The molecule has 1 aliphatic carbocycles. The molecule has 0 amide bonds. The number of carbonyl (C=O) groups is 2. The highest BCUT2D eigenvalue weighted by atomic mass is 16.6. The number of ether oxygens (including phenoxy) is 1. The third kappa shape index (κ3) is 3.43. The number of benzene rings is 2. The summed E-state index contributed by atoms with van der Waals surface area (Å²) in [4.78, 5) is 26.4. The highest BCUT2D eigenvalue weighted by Gasteiger charge is 2.58. The van der Waals surface area contributed by atoms with E-state index in [1.807, 2.05) is 55.5 Å². The van der Waals surface area contributed by atoms with Crippen LogP contribution < -0.4 is 0 Å². The highest BCUT2D eigenvalue weighted by Crippen LogP contribution is 2.51. The lowest BCUT2D eigenvalue weighted by atomic mass is 9.75. The number of Topliss-reactive ketones (excluding diaryl/α,β-unsaturated/α-hetero) is 1. The fourth-order valence-electron chi connectivity index (χ4n) is 4.46. The van der Waals surface area contributed by atoms with Crippen LogP contribution in [0.25, 0.3) is 0 Å². The van der Waals surface area contributed by atoms with Gasteiger partial charge in [0.15, 0.2) is 11.4 Å². The number of cyclic esters (lactones) is 1. The second-order valence-electron chi connectivity index (χ2n) is 7.87. The third-order valence-corrected chi connectivity index (χ3v) is 6.19. The fraction of sp³-hybridized carbons (Fsp3) is 0.417. The molecule has 1 aliphatic heterocycles. The molecule has 2 aliphatic rings. The Morgan fingerprint density at radius 1 is 1.00 bits per heavy atom. The molecular weight excluding hydrogens is 336 g/mol. The summed E-state index contributed by atoms with van der Waals surface area (Å²) in [7, 11) is 0. The topological polar surface area (TPSA) is 43.4 Å². The van der Waals surface area contributed by atoms with E-state index < -0.39 is 11.5 Å². The number of rotatable bonds is 7. The molecule has 3 nitrogen and oxygen atoms in total. The zero-order valence-corrected chi connectivity index (χ0v) is 15.8. The Morgan fingerprint density at radius 2 is 1.63 bits per heavy atom. The molecule has 140 valence electrons. The van der Waals surface area contributed by atoms with Crippen LogP contribution in [0.1, 0.15) is 49.7 Å². The molecule has 1 saturated heterocycles. The molecule has 3 heteroatoms. The van der Waals surface area contributed by atoms with Crippen molar-refractivity contribution in [2.45, 2.75) is 50.5 Å². The SMILES string of the molecule is CCC1(CCc2ccccc2)OC(=O)C(C(c2ccccc2)C2CC2)C1=O. The Kier molecular flexibility index (Phi) is 4.86. The standard InChI is InChI=1S/C24H26O3/c1-2-24(16-15-17-9-5-3-6-10-17)22(25)21(23(26)27-24)20(19-13-14-19)18-11-7-4-8-12-18/h3-12,19-21H,2,13-16H2,1H3. The molecule has 2 fully saturated rings. The van der Waals surface area contributed by atoms with Gasteiger partial charge in [-0.25, -0.2) is 0 Å². The Balaban J connectivity index is 1.59. The average molecular weight is 362 g/mol. The summed E-state index contributed by atoms with van der Waals surface area (Å²) < 4.78 is 5.84. The quantitative estimate of drug-likeness (QED) is 0.529. The Morgan fingerprint density at radius 3 is 2.22 bits per heavy atom. The van der Waals surface area contributed by atoms with Gasteiger partial charge in [-0.2, -0.15) is 0 Å². The predicted octanol–water partition coefficient (Wildman–Crippen LogP) is 4.70. The monoisotopic (exact) mass is 362 g/mol. The predicted molar refractivity (Wildman–Crippen MR) is 104 cm³/mol. The molecule has 2 aromatic rings. The summed E-state index contributed by atoms with van der Waals surface area (Å²) >= 11 is 0. The number of ketones is 1. The maximum Gasteiger partial charge on any atom is 0.318 e. The number of aryl methyl sites for hydroxylation is 1. The van der Waals surface area contributed by atoms with Gasteiger partial charge in [-0.05, 0) is 49.1 Å². The van der Waals surface area contributed by atoms with Crippen molar-refractivity contribution in [1.82, 2.24) is 0 Å². The molecule has 1 saturated carbocycles. The smallest absolute Gasteiger partial charge is 0.318 e. The van der Waals surface area contributed by atoms with Crippen LogP contribution in [-0.4, -0.2) is 17.4 Å². The minimum Gasteiger partial charge on any atom is -0.450 e. The molecule has 0 N–H and O–H groups in total. The number of esters is 1. The van der Waals surface area contributed by atoms with Gasteiger partial charge in [-0.1, -0.05) is 67.6 Å². The first kappa shape index (κ1) is 18.0. The summed E-state index contributed by atoms with van der Waals surface area (Å²) in [6.45, 7) is 1.95. The van der Waals surface area contributed by atoms with Crippen molar-refractivity contribution in [3.63, 3.8) is 0 Å². The van der Waals surface area contributed by atoms with Crippen molar-refractivity contribution < 1.29 is 14.3 Å². The molecule has 0 aromatic heterocycles.